The highest BCUT2D eigenvalue weighted by molar-refractivity contribution is 5.42. The van der Waals surface area contributed by atoms with Gasteiger partial charge < -0.3 is 10.5 Å². The van der Waals surface area contributed by atoms with Gasteiger partial charge in [0, 0.05) is 12.6 Å². The summed E-state index contributed by atoms with van der Waals surface area (Å²) in [7, 11) is 0. The molecule has 0 amide bonds. The number of aromatic nitrogens is 1. The van der Waals surface area contributed by atoms with Crippen molar-refractivity contribution in [3.63, 3.8) is 0 Å². The van der Waals surface area contributed by atoms with Gasteiger partial charge >= 0.3 is 0 Å². The maximum absolute atomic E-state index is 13.6. The molecule has 1 atom stereocenters. The van der Waals surface area contributed by atoms with Crippen LogP contribution in [0.25, 0.3) is 0 Å². The van der Waals surface area contributed by atoms with Crippen LogP contribution in [0.3, 0.4) is 0 Å². The molecule has 1 aromatic heterocycles. The Morgan fingerprint density at radius 2 is 2.22 bits per heavy atom. The van der Waals surface area contributed by atoms with Gasteiger partial charge in [-0.15, -0.1) is 0 Å². The van der Waals surface area contributed by atoms with Gasteiger partial charge in [0.15, 0.2) is 0 Å². The smallest absolute Gasteiger partial charge is 0.146 e. The molecule has 0 saturated heterocycles. The summed E-state index contributed by atoms with van der Waals surface area (Å²) in [5, 5.41) is 0. The lowest BCUT2D eigenvalue weighted by Gasteiger charge is -2.13. The zero-order chi connectivity index (χ0) is 12.5. The lowest BCUT2D eigenvalue weighted by molar-refractivity contribution is 0.357. The van der Waals surface area contributed by atoms with Crippen LogP contribution in [0.5, 0.6) is 5.75 Å². The Morgan fingerprint density at radius 3 is 3.06 bits per heavy atom. The first-order valence-corrected chi connectivity index (χ1v) is 5.87. The van der Waals surface area contributed by atoms with Crippen LogP contribution in [0.15, 0.2) is 36.5 Å². The Kier molecular flexibility index (Phi) is 2.72. The van der Waals surface area contributed by atoms with Gasteiger partial charge in [-0.3, -0.25) is 4.98 Å². The fourth-order valence-corrected chi connectivity index (χ4v) is 2.18. The molecule has 1 aromatic carbocycles. The number of pyridine rings is 1. The highest BCUT2D eigenvalue weighted by atomic mass is 19.1. The van der Waals surface area contributed by atoms with Gasteiger partial charge in [0.25, 0.3) is 0 Å². The van der Waals surface area contributed by atoms with E-state index in [1.165, 1.54) is 6.07 Å². The number of fused-ring (bicyclic) bond motifs is 1. The number of hydrogen-bond acceptors (Lipinski definition) is 3. The lowest BCUT2D eigenvalue weighted by atomic mass is 10.0. The van der Waals surface area contributed by atoms with E-state index >= 15 is 0 Å². The van der Waals surface area contributed by atoms with Crippen LogP contribution in [-0.4, -0.2) is 11.6 Å². The van der Waals surface area contributed by atoms with Crippen LogP contribution in [0, 0.1) is 5.82 Å². The van der Waals surface area contributed by atoms with Gasteiger partial charge in [-0.2, -0.15) is 0 Å². The molecule has 0 saturated carbocycles. The van der Waals surface area contributed by atoms with Crippen LogP contribution in [-0.2, 0) is 6.42 Å². The van der Waals surface area contributed by atoms with Gasteiger partial charge in [0.05, 0.1) is 18.3 Å². The lowest BCUT2D eigenvalue weighted by Crippen LogP contribution is -2.15. The fourth-order valence-electron chi connectivity index (χ4n) is 2.18. The molecule has 18 heavy (non-hydrogen) atoms. The van der Waals surface area contributed by atoms with E-state index in [4.69, 9.17) is 10.5 Å². The molecule has 0 spiro atoms. The third-order valence-electron chi connectivity index (χ3n) is 3.15. The molecule has 2 aromatic rings. The summed E-state index contributed by atoms with van der Waals surface area (Å²) in [4.78, 5) is 4.02. The molecular weight excluding hydrogens is 231 g/mol. The van der Waals surface area contributed by atoms with Crippen LogP contribution in [0.4, 0.5) is 4.39 Å². The molecule has 4 heteroatoms. The van der Waals surface area contributed by atoms with Crippen molar-refractivity contribution in [3.05, 3.63) is 59.2 Å². The highest BCUT2D eigenvalue weighted by Crippen LogP contribution is 2.29. The third kappa shape index (κ3) is 1.84. The molecule has 1 aliphatic rings. The topological polar surface area (TPSA) is 48.1 Å². The van der Waals surface area contributed by atoms with E-state index in [0.29, 0.717) is 6.61 Å². The van der Waals surface area contributed by atoms with Crippen molar-refractivity contribution in [2.75, 3.05) is 6.61 Å². The van der Waals surface area contributed by atoms with Crippen molar-refractivity contribution in [1.29, 1.82) is 0 Å². The van der Waals surface area contributed by atoms with Crippen LogP contribution in [0.2, 0.25) is 0 Å². The van der Waals surface area contributed by atoms with Gasteiger partial charge in [-0.1, -0.05) is 12.1 Å². The third-order valence-corrected chi connectivity index (χ3v) is 3.15. The van der Waals surface area contributed by atoms with E-state index in [1.54, 1.807) is 12.3 Å². The van der Waals surface area contributed by atoms with E-state index in [0.717, 1.165) is 23.3 Å². The minimum Gasteiger partial charge on any atom is -0.493 e. The monoisotopic (exact) mass is 244 g/mol. The van der Waals surface area contributed by atoms with Crippen molar-refractivity contribution in [1.82, 2.24) is 4.98 Å². The van der Waals surface area contributed by atoms with E-state index in [1.807, 2.05) is 18.2 Å². The summed E-state index contributed by atoms with van der Waals surface area (Å²) in [5.74, 6) is 0.522. The highest BCUT2D eigenvalue weighted by Gasteiger charge is 2.18. The number of nitrogens with zero attached hydrogens (tertiary/aromatic N) is 1. The Bertz CT molecular complexity index is 586. The minimum atomic E-state index is -0.544. The maximum Gasteiger partial charge on any atom is 0.146 e. The number of benzene rings is 1. The van der Waals surface area contributed by atoms with Gasteiger partial charge in [-0.25, -0.2) is 4.39 Å². The van der Waals surface area contributed by atoms with Crippen LogP contribution >= 0.6 is 0 Å². The molecule has 1 unspecified atom stereocenters. The average molecular weight is 244 g/mol. The zero-order valence-corrected chi connectivity index (χ0v) is 9.77. The van der Waals surface area contributed by atoms with E-state index in [2.05, 4.69) is 4.98 Å². The quantitative estimate of drug-likeness (QED) is 0.881. The standard InChI is InChI=1S/C14H13FN2O/c15-11-2-1-6-17-14(11)13(16)10-3-4-12-9(8-10)5-7-18-12/h1-4,6,8,13H,5,7,16H2. The zero-order valence-electron chi connectivity index (χ0n) is 9.77. The summed E-state index contributed by atoms with van der Waals surface area (Å²) in [6.07, 6.45) is 2.43. The number of halogens is 1. The molecule has 2 N–H and O–H groups in total. The Labute approximate surface area is 104 Å². The van der Waals surface area contributed by atoms with Crippen molar-refractivity contribution in [2.24, 2.45) is 5.73 Å². The fraction of sp³-hybridized carbons (Fsp3) is 0.214. The molecule has 3 rings (SSSR count). The number of rotatable bonds is 2. The summed E-state index contributed by atoms with van der Waals surface area (Å²) in [6, 6.07) is 8.11. The second kappa shape index (κ2) is 4.38. The van der Waals surface area contributed by atoms with Crippen molar-refractivity contribution < 1.29 is 9.13 Å². The van der Waals surface area contributed by atoms with E-state index < -0.39 is 6.04 Å². The first-order valence-electron chi connectivity index (χ1n) is 5.87. The molecule has 0 aliphatic carbocycles. The SMILES string of the molecule is NC(c1ccc2c(c1)CCO2)c1ncccc1F. The summed E-state index contributed by atoms with van der Waals surface area (Å²) in [6.45, 7) is 0.700. The second-order valence-corrected chi connectivity index (χ2v) is 4.31. The van der Waals surface area contributed by atoms with Crippen molar-refractivity contribution in [3.8, 4) is 5.75 Å². The Balaban J connectivity index is 1.98. The Hall–Kier alpha value is -1.94. The summed E-state index contributed by atoms with van der Waals surface area (Å²) >= 11 is 0. The molecule has 0 radical (unpaired) electrons. The second-order valence-electron chi connectivity index (χ2n) is 4.31. The molecule has 1 aliphatic heterocycles. The van der Waals surface area contributed by atoms with Gasteiger partial charge in [-0.05, 0) is 29.3 Å². The average Bonchev–Trinajstić information content (AvgIpc) is 2.85. The number of nitrogens with two attached hydrogens (primary N) is 1. The van der Waals surface area contributed by atoms with Crippen LogP contribution < -0.4 is 10.5 Å². The Morgan fingerprint density at radius 1 is 1.33 bits per heavy atom. The molecule has 0 bridgehead atoms. The minimum absolute atomic E-state index is 0.274. The number of hydrogen-bond donors (Lipinski definition) is 1. The van der Waals surface area contributed by atoms with Crippen LogP contribution in [0.1, 0.15) is 22.9 Å². The molecule has 3 nitrogen and oxygen atoms in total. The molecule has 2 heterocycles. The molecule has 92 valence electrons. The summed E-state index contributed by atoms with van der Waals surface area (Å²) < 4.78 is 19.1. The van der Waals surface area contributed by atoms with E-state index in [9.17, 15) is 4.39 Å². The predicted molar refractivity (Wildman–Crippen MR) is 65.9 cm³/mol. The largest absolute Gasteiger partial charge is 0.493 e. The van der Waals surface area contributed by atoms with Crippen molar-refractivity contribution in [2.45, 2.75) is 12.5 Å². The first-order chi connectivity index (χ1) is 8.75. The normalized spacial score (nSPS) is 15.0. The molecule has 0 fully saturated rings. The van der Waals surface area contributed by atoms with E-state index in [-0.39, 0.29) is 11.5 Å². The maximum atomic E-state index is 13.6. The summed E-state index contributed by atoms with van der Waals surface area (Å²) in [5.41, 5.74) is 8.32. The molecular formula is C14H13FN2O. The predicted octanol–water partition coefficient (Wildman–Crippen LogP) is 2.20. The van der Waals surface area contributed by atoms with Crippen molar-refractivity contribution >= 4 is 0 Å². The van der Waals surface area contributed by atoms with Gasteiger partial charge in [0.1, 0.15) is 11.6 Å². The number of ether oxygens (including phenoxy) is 1. The first kappa shape index (κ1) is 11.2. The van der Waals surface area contributed by atoms with Gasteiger partial charge in [0.2, 0.25) is 0 Å².